The predicted molar refractivity (Wildman–Crippen MR) is 109 cm³/mol. The molecule has 0 saturated heterocycles. The number of carbonyl (C=O) groups is 1. The lowest BCUT2D eigenvalue weighted by Crippen LogP contribution is -2.16. The van der Waals surface area contributed by atoms with E-state index in [-0.39, 0.29) is 12.6 Å². The Morgan fingerprint density at radius 3 is 2.76 bits per heavy atom. The highest BCUT2D eigenvalue weighted by Crippen LogP contribution is 2.37. The molecule has 0 bridgehead atoms. The second-order valence-corrected chi connectivity index (χ2v) is 6.93. The van der Waals surface area contributed by atoms with Crippen LogP contribution in [0.1, 0.15) is 23.0 Å². The minimum atomic E-state index is -0.491. The smallest absolute Gasteiger partial charge is 0.307 e. The van der Waals surface area contributed by atoms with Crippen molar-refractivity contribution in [1.82, 2.24) is 5.43 Å². The van der Waals surface area contributed by atoms with Gasteiger partial charge in [-0.25, -0.2) is 5.43 Å². The van der Waals surface area contributed by atoms with Crippen LogP contribution >= 0.6 is 15.9 Å². The number of fused-ring (bicyclic) bond motifs is 2. The number of nitrogens with zero attached hydrogens (tertiary/aromatic N) is 1. The molecule has 0 atom stereocenters. The number of furan rings is 1. The lowest BCUT2D eigenvalue weighted by Gasteiger charge is -2.08. The summed E-state index contributed by atoms with van der Waals surface area (Å²) in [6.45, 7) is 2.51. The molecular weight excluding hydrogens is 444 g/mol. The van der Waals surface area contributed by atoms with E-state index in [2.05, 4.69) is 26.5 Å². The molecule has 0 fully saturated rings. The van der Waals surface area contributed by atoms with Gasteiger partial charge < -0.3 is 23.4 Å². The lowest BCUT2D eigenvalue weighted by molar-refractivity contribution is 0.0929. The van der Waals surface area contributed by atoms with E-state index in [1.165, 1.54) is 13.3 Å². The maximum Gasteiger partial charge on any atom is 0.307 e. The molecule has 4 rings (SSSR count). The Hall–Kier alpha value is -3.20. The van der Waals surface area contributed by atoms with Gasteiger partial charge >= 0.3 is 5.91 Å². The fourth-order valence-corrected chi connectivity index (χ4v) is 3.34. The number of hydrogen-bond acceptors (Lipinski definition) is 7. The van der Waals surface area contributed by atoms with Crippen molar-refractivity contribution in [3.63, 3.8) is 0 Å². The molecule has 0 unspecified atom stereocenters. The number of rotatable bonds is 6. The largest absolute Gasteiger partial charge is 0.493 e. The van der Waals surface area contributed by atoms with Crippen LogP contribution in [-0.2, 0) is 0 Å². The number of amides is 1. The van der Waals surface area contributed by atoms with Crippen LogP contribution in [0.15, 0.2) is 44.3 Å². The number of methoxy groups -OCH3 is 1. The van der Waals surface area contributed by atoms with Crippen molar-refractivity contribution < 1.29 is 28.2 Å². The van der Waals surface area contributed by atoms with Gasteiger partial charge in [-0.1, -0.05) is 15.9 Å². The summed E-state index contributed by atoms with van der Waals surface area (Å²) in [5.41, 5.74) is 3.58. The Balaban J connectivity index is 1.54. The summed E-state index contributed by atoms with van der Waals surface area (Å²) in [5, 5.41) is 4.75. The number of carbonyl (C=O) groups excluding carboxylic acids is 1. The molecule has 1 aliphatic rings. The summed E-state index contributed by atoms with van der Waals surface area (Å²) in [7, 11) is 1.54. The first kappa shape index (κ1) is 19.1. The van der Waals surface area contributed by atoms with E-state index >= 15 is 0 Å². The molecule has 0 radical (unpaired) electrons. The van der Waals surface area contributed by atoms with Crippen molar-refractivity contribution in [2.24, 2.45) is 5.10 Å². The molecule has 2 heterocycles. The Bertz CT molecular complexity index is 1110. The van der Waals surface area contributed by atoms with Crippen molar-refractivity contribution in [3.05, 3.63) is 46.1 Å². The Morgan fingerprint density at radius 1 is 1.21 bits per heavy atom. The van der Waals surface area contributed by atoms with E-state index in [1.54, 1.807) is 24.3 Å². The summed E-state index contributed by atoms with van der Waals surface area (Å²) in [6.07, 6.45) is 1.48. The van der Waals surface area contributed by atoms with Gasteiger partial charge in [0, 0.05) is 21.5 Å². The molecule has 29 heavy (non-hydrogen) atoms. The standard InChI is InChI=1S/C20H17BrN2O6/c1-3-26-14-8-16-15(27-10-28-16)6-12(14)9-22-23-20(24)18-5-11-4-13(21)7-17(25-2)19(11)29-18/h4-9H,3,10H2,1-2H3,(H,23,24)/b22-9+. The maximum absolute atomic E-state index is 12.4. The van der Waals surface area contributed by atoms with E-state index in [4.69, 9.17) is 23.4 Å². The second-order valence-electron chi connectivity index (χ2n) is 6.01. The van der Waals surface area contributed by atoms with Gasteiger partial charge in [0.05, 0.1) is 19.9 Å². The number of hydrogen-bond donors (Lipinski definition) is 1. The van der Waals surface area contributed by atoms with Gasteiger partial charge in [0.25, 0.3) is 0 Å². The van der Waals surface area contributed by atoms with Gasteiger partial charge in [-0.05, 0) is 31.2 Å². The Labute approximate surface area is 174 Å². The van der Waals surface area contributed by atoms with E-state index in [1.807, 2.05) is 13.0 Å². The zero-order valence-corrected chi connectivity index (χ0v) is 17.2. The summed E-state index contributed by atoms with van der Waals surface area (Å²) in [5.74, 6) is 1.93. The second kappa shape index (κ2) is 8.04. The maximum atomic E-state index is 12.4. The quantitative estimate of drug-likeness (QED) is 0.439. The highest BCUT2D eigenvalue weighted by molar-refractivity contribution is 9.10. The molecule has 2 aromatic carbocycles. The van der Waals surface area contributed by atoms with Crippen molar-refractivity contribution in [1.29, 1.82) is 0 Å². The number of benzene rings is 2. The molecule has 0 aliphatic carbocycles. The molecule has 1 amide bonds. The van der Waals surface area contributed by atoms with Crippen LogP contribution in [-0.4, -0.2) is 32.6 Å². The van der Waals surface area contributed by atoms with Crippen LogP contribution in [0.2, 0.25) is 0 Å². The van der Waals surface area contributed by atoms with Gasteiger partial charge in [-0.15, -0.1) is 0 Å². The molecule has 1 aliphatic heterocycles. The van der Waals surface area contributed by atoms with Crippen molar-refractivity contribution in [2.45, 2.75) is 6.92 Å². The fraction of sp³-hybridized carbons (Fsp3) is 0.200. The Morgan fingerprint density at radius 2 is 2.00 bits per heavy atom. The first-order chi connectivity index (χ1) is 14.1. The zero-order chi connectivity index (χ0) is 20.4. The van der Waals surface area contributed by atoms with Gasteiger partial charge in [-0.2, -0.15) is 5.10 Å². The van der Waals surface area contributed by atoms with Gasteiger partial charge in [0.2, 0.25) is 6.79 Å². The molecule has 9 heteroatoms. The first-order valence-corrected chi connectivity index (χ1v) is 9.55. The van der Waals surface area contributed by atoms with Gasteiger partial charge in [0.1, 0.15) is 5.75 Å². The molecule has 1 N–H and O–H groups in total. The average Bonchev–Trinajstić information content (AvgIpc) is 3.33. The molecule has 8 nitrogen and oxygen atoms in total. The summed E-state index contributed by atoms with van der Waals surface area (Å²) >= 11 is 3.40. The Kier molecular flexibility index (Phi) is 5.30. The van der Waals surface area contributed by atoms with E-state index < -0.39 is 5.91 Å². The lowest BCUT2D eigenvalue weighted by atomic mass is 10.2. The zero-order valence-electron chi connectivity index (χ0n) is 15.7. The van der Waals surface area contributed by atoms with Crippen LogP contribution < -0.4 is 24.4 Å². The normalized spacial score (nSPS) is 12.5. The number of hydrazone groups is 1. The summed E-state index contributed by atoms with van der Waals surface area (Å²) < 4.78 is 28.1. The number of ether oxygens (including phenoxy) is 4. The van der Waals surface area contributed by atoms with Crippen LogP contribution in [0.4, 0.5) is 0 Å². The molecule has 150 valence electrons. The monoisotopic (exact) mass is 460 g/mol. The van der Waals surface area contributed by atoms with Crippen molar-refractivity contribution >= 4 is 39.0 Å². The average molecular weight is 461 g/mol. The van der Waals surface area contributed by atoms with E-state index in [9.17, 15) is 4.79 Å². The highest BCUT2D eigenvalue weighted by Gasteiger charge is 2.18. The van der Waals surface area contributed by atoms with Crippen molar-refractivity contribution in [2.75, 3.05) is 20.5 Å². The highest BCUT2D eigenvalue weighted by atomic mass is 79.9. The summed E-state index contributed by atoms with van der Waals surface area (Å²) in [6, 6.07) is 8.70. The van der Waals surface area contributed by atoms with Gasteiger partial charge in [0.15, 0.2) is 28.6 Å². The number of nitrogens with one attached hydrogen (secondary N) is 1. The van der Waals surface area contributed by atoms with Crippen molar-refractivity contribution in [3.8, 4) is 23.0 Å². The van der Waals surface area contributed by atoms with E-state index in [0.717, 1.165) is 9.86 Å². The molecular formula is C20H17BrN2O6. The molecule has 1 aromatic heterocycles. The van der Waals surface area contributed by atoms with Crippen LogP contribution in [0, 0.1) is 0 Å². The van der Waals surface area contributed by atoms with Crippen LogP contribution in [0.25, 0.3) is 11.0 Å². The molecule has 3 aromatic rings. The van der Waals surface area contributed by atoms with Crippen LogP contribution in [0.3, 0.4) is 0 Å². The third-order valence-electron chi connectivity index (χ3n) is 4.17. The molecule has 0 saturated carbocycles. The first-order valence-electron chi connectivity index (χ1n) is 8.76. The fourth-order valence-electron chi connectivity index (χ4n) is 2.89. The van der Waals surface area contributed by atoms with Gasteiger partial charge in [-0.3, -0.25) is 4.79 Å². The SMILES string of the molecule is CCOc1cc2c(cc1/C=N/NC(=O)c1cc3cc(Br)cc(OC)c3o1)OCO2. The van der Waals surface area contributed by atoms with E-state index in [0.29, 0.717) is 40.8 Å². The topological polar surface area (TPSA) is 91.5 Å². The van der Waals surface area contributed by atoms with Crippen LogP contribution in [0.5, 0.6) is 23.0 Å². The third-order valence-corrected chi connectivity index (χ3v) is 4.62. The summed E-state index contributed by atoms with van der Waals surface area (Å²) in [4.78, 5) is 12.4. The molecule has 0 spiro atoms. The predicted octanol–water partition coefficient (Wildman–Crippen LogP) is 4.10. The minimum absolute atomic E-state index is 0.115. The third kappa shape index (κ3) is 3.86. The minimum Gasteiger partial charge on any atom is -0.493 e. The number of halogens is 1.